The second-order valence-corrected chi connectivity index (χ2v) is 8.90. The maximum absolute atomic E-state index is 12.2. The molecule has 0 amide bonds. The molecule has 0 aliphatic heterocycles. The summed E-state index contributed by atoms with van der Waals surface area (Å²) in [7, 11) is -3.45. The first-order valence-corrected chi connectivity index (χ1v) is 10.7. The monoisotopic (exact) mass is 410 g/mol. The minimum Gasteiger partial charge on any atom is -0.476 e. The Kier molecular flexibility index (Phi) is 4.50. The van der Waals surface area contributed by atoms with Crippen molar-refractivity contribution >= 4 is 26.8 Å². The van der Waals surface area contributed by atoms with Crippen molar-refractivity contribution in [3.63, 3.8) is 0 Å². The van der Waals surface area contributed by atoms with Crippen molar-refractivity contribution in [1.82, 2.24) is 9.78 Å². The fraction of sp³-hybridized carbons (Fsp3) is 0.143. The Bertz CT molecular complexity index is 1330. The van der Waals surface area contributed by atoms with Crippen LogP contribution in [-0.4, -0.2) is 35.5 Å². The van der Waals surface area contributed by atoms with Gasteiger partial charge in [0.15, 0.2) is 15.5 Å². The first-order chi connectivity index (χ1) is 13.7. The molecule has 0 saturated carbocycles. The molecule has 0 saturated heterocycles. The number of hydrogen-bond donors (Lipinski definition) is 1. The smallest absolute Gasteiger partial charge is 0.356 e. The largest absolute Gasteiger partial charge is 0.476 e. The van der Waals surface area contributed by atoms with E-state index in [0.717, 1.165) is 11.8 Å². The third-order valence-corrected chi connectivity index (χ3v) is 5.77. The lowest BCUT2D eigenvalue weighted by molar-refractivity contribution is 0.0689. The van der Waals surface area contributed by atoms with Crippen LogP contribution >= 0.6 is 0 Å². The van der Waals surface area contributed by atoms with Crippen LogP contribution in [0.4, 0.5) is 0 Å². The third kappa shape index (κ3) is 3.66. The van der Waals surface area contributed by atoms with Crippen LogP contribution in [0.1, 0.15) is 21.7 Å². The number of sulfone groups is 1. The van der Waals surface area contributed by atoms with Crippen LogP contribution < -0.4 is 0 Å². The molecule has 0 aliphatic carbocycles. The van der Waals surface area contributed by atoms with Gasteiger partial charge in [-0.1, -0.05) is 30.3 Å². The highest BCUT2D eigenvalue weighted by Crippen LogP contribution is 2.32. The number of nitrogens with zero attached hydrogens (tertiary/aromatic N) is 2. The number of aromatic carboxylic acids is 1. The number of carboxylic acids is 1. The molecule has 0 fully saturated rings. The van der Waals surface area contributed by atoms with Crippen molar-refractivity contribution in [1.29, 1.82) is 0 Å². The zero-order valence-corrected chi connectivity index (χ0v) is 16.6. The summed E-state index contributed by atoms with van der Waals surface area (Å²) in [6, 6.07) is 15.9. The van der Waals surface area contributed by atoms with Crippen molar-refractivity contribution < 1.29 is 22.7 Å². The number of carboxylic acid groups (broad SMARTS) is 1. The lowest BCUT2D eigenvalue weighted by atomic mass is 10.1. The zero-order chi connectivity index (χ0) is 20.8. The average Bonchev–Trinajstić information content (AvgIpc) is 3.26. The van der Waals surface area contributed by atoms with Crippen LogP contribution in [0.2, 0.25) is 0 Å². The second-order valence-electron chi connectivity index (χ2n) is 6.88. The van der Waals surface area contributed by atoms with Gasteiger partial charge >= 0.3 is 5.97 Å². The Morgan fingerprint density at radius 3 is 2.48 bits per heavy atom. The average molecular weight is 410 g/mol. The third-order valence-electron chi connectivity index (χ3n) is 4.67. The molecule has 29 heavy (non-hydrogen) atoms. The normalized spacial score (nSPS) is 11.8. The van der Waals surface area contributed by atoms with Crippen molar-refractivity contribution in [2.24, 2.45) is 0 Å². The molecule has 0 unspecified atom stereocenters. The number of fused-ring (bicyclic) bond motifs is 1. The Balaban J connectivity index is 1.89. The summed E-state index contributed by atoms with van der Waals surface area (Å²) in [5.74, 6) is -0.498. The van der Waals surface area contributed by atoms with Gasteiger partial charge in [0.1, 0.15) is 11.3 Å². The van der Waals surface area contributed by atoms with E-state index in [0.29, 0.717) is 28.0 Å². The second kappa shape index (κ2) is 6.89. The van der Waals surface area contributed by atoms with Gasteiger partial charge in [0.2, 0.25) is 0 Å². The summed E-state index contributed by atoms with van der Waals surface area (Å²) in [5, 5.41) is 13.9. The molecule has 2 aromatic heterocycles. The molecule has 0 radical (unpaired) electrons. The minimum absolute atomic E-state index is 0.0672. The van der Waals surface area contributed by atoms with E-state index in [2.05, 4.69) is 5.10 Å². The molecule has 1 N–H and O–H groups in total. The quantitative estimate of drug-likeness (QED) is 0.537. The van der Waals surface area contributed by atoms with E-state index in [1.807, 2.05) is 36.4 Å². The minimum atomic E-state index is -3.45. The van der Waals surface area contributed by atoms with E-state index in [1.165, 1.54) is 10.7 Å². The molecule has 0 bridgehead atoms. The van der Waals surface area contributed by atoms with E-state index in [1.54, 1.807) is 19.1 Å². The van der Waals surface area contributed by atoms with E-state index in [9.17, 15) is 13.2 Å². The van der Waals surface area contributed by atoms with Crippen molar-refractivity contribution in [2.45, 2.75) is 18.4 Å². The van der Waals surface area contributed by atoms with Crippen LogP contribution in [0, 0.1) is 6.92 Å². The summed E-state index contributed by atoms with van der Waals surface area (Å²) >= 11 is 0. The van der Waals surface area contributed by atoms with Gasteiger partial charge in [-0.25, -0.2) is 13.2 Å². The highest BCUT2D eigenvalue weighted by Gasteiger charge is 2.18. The van der Waals surface area contributed by atoms with Gasteiger partial charge in [-0.15, -0.1) is 0 Å². The molecule has 2 heterocycles. The first-order valence-electron chi connectivity index (χ1n) is 8.82. The van der Waals surface area contributed by atoms with Crippen LogP contribution in [0.15, 0.2) is 63.9 Å². The lowest BCUT2D eigenvalue weighted by Crippen LogP contribution is -2.07. The van der Waals surface area contributed by atoms with Gasteiger partial charge in [0.25, 0.3) is 0 Å². The first kappa shape index (κ1) is 18.9. The number of benzene rings is 2. The maximum Gasteiger partial charge on any atom is 0.356 e. The van der Waals surface area contributed by atoms with E-state index in [4.69, 9.17) is 9.52 Å². The van der Waals surface area contributed by atoms with Crippen molar-refractivity contribution in [3.8, 4) is 11.3 Å². The fourth-order valence-electron chi connectivity index (χ4n) is 3.21. The standard InChI is InChI=1S/C21H18N2O5S/c1-13-8-18(21(24)25)22-23(13)12-16-10-17(29(2,26)27)9-15-11-19(28-20(15)16)14-6-4-3-5-7-14/h3-11H,12H2,1-2H3,(H,24,25). The fourth-order valence-corrected chi connectivity index (χ4v) is 3.91. The van der Waals surface area contributed by atoms with Crippen LogP contribution in [0.25, 0.3) is 22.3 Å². The highest BCUT2D eigenvalue weighted by molar-refractivity contribution is 7.90. The molecular weight excluding hydrogens is 392 g/mol. The van der Waals surface area contributed by atoms with Gasteiger partial charge in [-0.05, 0) is 31.2 Å². The number of hydrogen-bond acceptors (Lipinski definition) is 5. The van der Waals surface area contributed by atoms with E-state index >= 15 is 0 Å². The molecule has 7 nitrogen and oxygen atoms in total. The number of furan rings is 1. The van der Waals surface area contributed by atoms with Crippen molar-refractivity contribution in [3.05, 3.63) is 71.5 Å². The van der Waals surface area contributed by atoms with Gasteiger partial charge in [0.05, 0.1) is 11.4 Å². The van der Waals surface area contributed by atoms with Gasteiger partial charge in [-0.2, -0.15) is 5.10 Å². The molecule has 0 spiro atoms. The van der Waals surface area contributed by atoms with E-state index < -0.39 is 15.8 Å². The predicted molar refractivity (Wildman–Crippen MR) is 108 cm³/mol. The summed E-state index contributed by atoms with van der Waals surface area (Å²) < 4.78 is 32.0. The van der Waals surface area contributed by atoms with Gasteiger partial charge < -0.3 is 9.52 Å². The molecule has 148 valence electrons. The molecule has 0 aliphatic rings. The van der Waals surface area contributed by atoms with Gasteiger partial charge in [-0.3, -0.25) is 4.68 Å². The number of rotatable bonds is 5. The number of aromatic nitrogens is 2. The summed E-state index contributed by atoms with van der Waals surface area (Å²) in [6.45, 7) is 1.93. The maximum atomic E-state index is 12.2. The predicted octanol–water partition coefficient (Wildman–Crippen LogP) is 3.75. The van der Waals surface area contributed by atoms with Crippen LogP contribution in [-0.2, 0) is 16.4 Å². The highest BCUT2D eigenvalue weighted by atomic mass is 32.2. The lowest BCUT2D eigenvalue weighted by Gasteiger charge is -2.08. The Hall–Kier alpha value is -3.39. The van der Waals surface area contributed by atoms with Gasteiger partial charge in [0, 0.05) is 28.5 Å². The SMILES string of the molecule is Cc1cc(C(=O)O)nn1Cc1cc(S(C)(=O)=O)cc2cc(-c3ccccc3)oc12. The molecule has 8 heteroatoms. The number of carbonyl (C=O) groups is 1. The Morgan fingerprint density at radius 1 is 1.14 bits per heavy atom. The van der Waals surface area contributed by atoms with Crippen LogP contribution in [0.3, 0.4) is 0 Å². The molecule has 0 atom stereocenters. The number of aryl methyl sites for hydroxylation is 1. The molecule has 2 aromatic carbocycles. The topological polar surface area (TPSA) is 102 Å². The Morgan fingerprint density at radius 2 is 1.86 bits per heavy atom. The van der Waals surface area contributed by atoms with E-state index in [-0.39, 0.29) is 17.1 Å². The molecule has 4 rings (SSSR count). The Labute approximate surface area is 167 Å². The summed E-state index contributed by atoms with van der Waals surface area (Å²) in [6.07, 6.45) is 1.15. The zero-order valence-electron chi connectivity index (χ0n) is 15.8. The van der Waals surface area contributed by atoms with Crippen molar-refractivity contribution in [2.75, 3.05) is 6.26 Å². The molecular formula is C21H18N2O5S. The molecule has 4 aromatic rings. The van der Waals surface area contributed by atoms with Crippen LogP contribution in [0.5, 0.6) is 0 Å². The summed E-state index contributed by atoms with van der Waals surface area (Å²) in [5.41, 5.74) is 2.60. The summed E-state index contributed by atoms with van der Waals surface area (Å²) in [4.78, 5) is 11.4.